The van der Waals surface area contributed by atoms with Crippen molar-refractivity contribution in [1.29, 1.82) is 0 Å². The predicted molar refractivity (Wildman–Crippen MR) is 64.1 cm³/mol. The molecule has 0 spiro atoms. The Morgan fingerprint density at radius 2 is 1.50 bits per heavy atom. The summed E-state index contributed by atoms with van der Waals surface area (Å²) in [5, 5.41) is 24.7. The van der Waals surface area contributed by atoms with Crippen LogP contribution in [0.2, 0.25) is 0 Å². The molecule has 0 aromatic heterocycles. The number of hydrogen-bond acceptors (Lipinski definition) is 3. The maximum absolute atomic E-state index is 10.3. The summed E-state index contributed by atoms with van der Waals surface area (Å²) in [7, 11) is 0. The Hall–Kier alpha value is 0.220. The summed E-state index contributed by atoms with van der Waals surface area (Å²) in [5.74, 6) is -2.15. The van der Waals surface area contributed by atoms with Gasteiger partial charge in [0.2, 0.25) is 0 Å². The Bertz CT molecular complexity index is 338. The van der Waals surface area contributed by atoms with E-state index >= 15 is 0 Å². The average molecular weight is 264 g/mol. The molecular formula is C9H13CaNaO5. The van der Waals surface area contributed by atoms with Crippen molar-refractivity contribution in [2.45, 2.75) is 6.92 Å². The van der Waals surface area contributed by atoms with Gasteiger partial charge in [0, 0.05) is 6.92 Å². The van der Waals surface area contributed by atoms with Gasteiger partial charge in [-0.3, -0.25) is 4.79 Å². The molecule has 3 N–H and O–H groups in total. The third-order valence-electron chi connectivity index (χ3n) is 1.13. The third-order valence-corrected chi connectivity index (χ3v) is 1.13. The summed E-state index contributed by atoms with van der Waals surface area (Å²) in [6.45, 7) is 1.08. The molecule has 1 aromatic rings. The number of carboxylic acids is 2. The molecule has 0 fully saturated rings. The summed E-state index contributed by atoms with van der Waals surface area (Å²) >= 11 is 0. The van der Waals surface area contributed by atoms with Crippen molar-refractivity contribution < 1.29 is 24.9 Å². The van der Waals surface area contributed by atoms with E-state index in [0.29, 0.717) is 0 Å². The number of aromatic hydroxyl groups is 1. The van der Waals surface area contributed by atoms with Crippen molar-refractivity contribution in [3.05, 3.63) is 29.8 Å². The van der Waals surface area contributed by atoms with E-state index in [1.165, 1.54) is 12.1 Å². The van der Waals surface area contributed by atoms with Gasteiger partial charge in [-0.05, 0) is 12.1 Å². The number of benzene rings is 1. The summed E-state index contributed by atoms with van der Waals surface area (Å²) in [4.78, 5) is 19.3. The average Bonchev–Trinajstić information content (AvgIpc) is 2.03. The molecule has 0 saturated carbocycles. The first-order chi connectivity index (χ1) is 6.45. The molecule has 0 heterocycles. The van der Waals surface area contributed by atoms with Crippen molar-refractivity contribution in [2.75, 3.05) is 0 Å². The van der Waals surface area contributed by atoms with Crippen molar-refractivity contribution in [3.8, 4) is 5.75 Å². The van der Waals surface area contributed by atoms with E-state index in [4.69, 9.17) is 20.1 Å². The number of phenols is 1. The number of para-hydroxylation sites is 1. The van der Waals surface area contributed by atoms with Gasteiger partial charge in [0.25, 0.3) is 5.97 Å². The number of hydrogen-bond donors (Lipinski definition) is 3. The van der Waals surface area contributed by atoms with Crippen LogP contribution in [-0.4, -0.2) is 94.6 Å². The van der Waals surface area contributed by atoms with E-state index < -0.39 is 11.9 Å². The second kappa shape index (κ2) is 11.7. The molecular weight excluding hydrogens is 251 g/mol. The van der Waals surface area contributed by atoms with Gasteiger partial charge in [-0.25, -0.2) is 4.79 Å². The molecule has 82 valence electrons. The van der Waals surface area contributed by atoms with Crippen LogP contribution >= 0.6 is 0 Å². The van der Waals surface area contributed by atoms with Crippen LogP contribution in [0.15, 0.2) is 24.3 Å². The van der Waals surface area contributed by atoms with Gasteiger partial charge in [-0.1, -0.05) is 12.1 Å². The summed E-state index contributed by atoms with van der Waals surface area (Å²) in [5.41, 5.74) is -0.0671. The van der Waals surface area contributed by atoms with Crippen LogP contribution < -0.4 is 0 Å². The first-order valence-electron chi connectivity index (χ1n) is 3.66. The van der Waals surface area contributed by atoms with Gasteiger partial charge in [0.15, 0.2) is 0 Å². The summed E-state index contributed by atoms with van der Waals surface area (Å²) < 4.78 is 0. The first-order valence-corrected chi connectivity index (χ1v) is 3.66. The predicted octanol–water partition coefficient (Wildman–Crippen LogP) is -0.383. The van der Waals surface area contributed by atoms with Gasteiger partial charge in [0.05, 0.1) is 0 Å². The fraction of sp³-hybridized carbons (Fsp3) is 0.111. The second-order valence-electron chi connectivity index (χ2n) is 2.34. The van der Waals surface area contributed by atoms with E-state index in [2.05, 4.69) is 0 Å². The monoisotopic (exact) mass is 264 g/mol. The van der Waals surface area contributed by atoms with E-state index in [-0.39, 0.29) is 78.6 Å². The molecule has 0 bridgehead atoms. The Kier molecular flexibility index (Phi) is 15.7. The normalized spacial score (nSPS) is 7.31. The standard InChI is InChI=1S/C7H6O3.C2H4O2.Ca.Na.3H/c8-6-4-2-1-3-5(6)7(9)10;1-2(3)4;;;;;/h1-4,8H,(H,9,10);1H3,(H,3,4);;;;;. The van der Waals surface area contributed by atoms with Gasteiger partial charge >= 0.3 is 73.3 Å². The zero-order valence-electron chi connectivity index (χ0n) is 7.47. The summed E-state index contributed by atoms with van der Waals surface area (Å²) in [6, 6.07) is 5.81. The first kappa shape index (κ1) is 21.5. The van der Waals surface area contributed by atoms with Crippen LogP contribution in [0.5, 0.6) is 5.75 Å². The molecule has 1 rings (SSSR count). The van der Waals surface area contributed by atoms with Crippen LogP contribution in [0.4, 0.5) is 0 Å². The number of carboxylic acid groups (broad SMARTS) is 2. The van der Waals surface area contributed by atoms with Gasteiger partial charge in [0.1, 0.15) is 11.3 Å². The van der Waals surface area contributed by atoms with Crippen molar-refractivity contribution in [1.82, 2.24) is 0 Å². The molecule has 0 saturated heterocycles. The molecule has 0 aliphatic heterocycles. The van der Waals surface area contributed by atoms with Crippen molar-refractivity contribution >= 4 is 79.2 Å². The van der Waals surface area contributed by atoms with E-state index in [0.717, 1.165) is 6.92 Å². The molecule has 0 aliphatic rings. The number of rotatable bonds is 1. The molecule has 7 heteroatoms. The molecule has 16 heavy (non-hydrogen) atoms. The van der Waals surface area contributed by atoms with Crippen LogP contribution in [0.1, 0.15) is 17.3 Å². The van der Waals surface area contributed by atoms with Gasteiger partial charge in [-0.15, -0.1) is 0 Å². The van der Waals surface area contributed by atoms with Crippen LogP contribution in [0, 0.1) is 0 Å². The molecule has 0 aliphatic carbocycles. The number of aliphatic carboxylic acids is 1. The zero-order chi connectivity index (χ0) is 11.1. The fourth-order valence-corrected chi connectivity index (χ4v) is 0.654. The third kappa shape index (κ3) is 10.7. The summed E-state index contributed by atoms with van der Waals surface area (Å²) in [6.07, 6.45) is 0. The van der Waals surface area contributed by atoms with E-state index in [1.807, 2.05) is 0 Å². The number of carbonyl (C=O) groups is 2. The number of aromatic carboxylic acids is 1. The molecule has 1 aromatic carbocycles. The second-order valence-corrected chi connectivity index (χ2v) is 2.34. The fourth-order valence-electron chi connectivity index (χ4n) is 0.654. The van der Waals surface area contributed by atoms with Gasteiger partial charge < -0.3 is 15.3 Å². The SMILES string of the molecule is CC(=O)O.O=C(O)c1ccccc1O.[CaH2].[NaH]. The van der Waals surface area contributed by atoms with E-state index in [1.54, 1.807) is 12.1 Å². The zero-order valence-corrected chi connectivity index (χ0v) is 7.47. The Balaban J connectivity index is -0.000000249. The molecule has 0 atom stereocenters. The van der Waals surface area contributed by atoms with E-state index in [9.17, 15) is 4.79 Å². The van der Waals surface area contributed by atoms with Crippen LogP contribution in [0.3, 0.4) is 0 Å². The maximum atomic E-state index is 10.3. The van der Waals surface area contributed by atoms with Gasteiger partial charge in [-0.2, -0.15) is 0 Å². The molecule has 0 radical (unpaired) electrons. The quantitative estimate of drug-likeness (QED) is 0.601. The minimum atomic E-state index is -1.11. The van der Waals surface area contributed by atoms with Crippen molar-refractivity contribution in [3.63, 3.8) is 0 Å². The minimum absolute atomic E-state index is 0. The molecule has 0 unspecified atom stereocenters. The molecule has 5 nitrogen and oxygen atoms in total. The van der Waals surface area contributed by atoms with Crippen LogP contribution in [0.25, 0.3) is 0 Å². The Morgan fingerprint density at radius 3 is 1.75 bits per heavy atom. The van der Waals surface area contributed by atoms with Crippen molar-refractivity contribution in [2.24, 2.45) is 0 Å². The topological polar surface area (TPSA) is 94.8 Å². The van der Waals surface area contributed by atoms with Crippen LogP contribution in [-0.2, 0) is 4.79 Å². The Morgan fingerprint density at radius 1 is 1.12 bits per heavy atom. The molecule has 0 amide bonds. The Labute approximate surface area is 145 Å².